The monoisotopic (exact) mass is 370 g/mol. The van der Waals surface area contributed by atoms with Gasteiger partial charge in [0.15, 0.2) is 11.5 Å². The van der Waals surface area contributed by atoms with E-state index in [2.05, 4.69) is 10.3 Å². The van der Waals surface area contributed by atoms with Gasteiger partial charge >= 0.3 is 0 Å². The van der Waals surface area contributed by atoms with Crippen LogP contribution < -0.4 is 20.5 Å². The molecule has 2 rings (SSSR count). The first kappa shape index (κ1) is 21.5. The number of aliphatic imine (C=N–C) groups is 1. The second-order valence-electron chi connectivity index (χ2n) is 5.77. The summed E-state index contributed by atoms with van der Waals surface area (Å²) in [6, 6.07) is 3.78. The normalized spacial score (nSPS) is 17.8. The van der Waals surface area contributed by atoms with Gasteiger partial charge in [0.2, 0.25) is 0 Å². The highest BCUT2D eigenvalue weighted by atomic mass is 16.9. The van der Waals surface area contributed by atoms with Gasteiger partial charge in [0.25, 0.3) is 5.09 Å². The zero-order chi connectivity index (χ0) is 19.7. The Kier molecular flexibility index (Phi) is 8.07. The molecule has 1 aliphatic heterocycles. The van der Waals surface area contributed by atoms with Gasteiger partial charge in [-0.3, -0.25) is 0 Å². The van der Waals surface area contributed by atoms with Crippen molar-refractivity contribution in [1.29, 1.82) is 0 Å². The minimum absolute atomic E-state index is 0.211. The molecule has 0 spiro atoms. The van der Waals surface area contributed by atoms with Gasteiger partial charge < -0.3 is 30.8 Å². The maximum atomic E-state index is 8.89. The van der Waals surface area contributed by atoms with Gasteiger partial charge in [-0.05, 0) is 32.3 Å². The van der Waals surface area contributed by atoms with E-state index in [1.807, 2.05) is 19.1 Å². The van der Waals surface area contributed by atoms with Crippen LogP contribution in [0, 0.1) is 10.1 Å². The lowest BCUT2D eigenvalue weighted by Crippen LogP contribution is -2.40. The minimum Gasteiger partial charge on any atom is -0.493 e. The molecule has 1 unspecified atom stereocenters. The second-order valence-corrected chi connectivity index (χ2v) is 5.77. The number of nitrogens with two attached hydrogens (primary N) is 1. The Labute approximate surface area is 151 Å². The molecule has 0 fully saturated rings. The Morgan fingerprint density at radius 2 is 1.85 bits per heavy atom. The van der Waals surface area contributed by atoms with Gasteiger partial charge in [-0.1, -0.05) is 6.42 Å². The van der Waals surface area contributed by atoms with Crippen molar-refractivity contribution in [2.75, 3.05) is 26.1 Å². The third kappa shape index (κ3) is 5.74. The van der Waals surface area contributed by atoms with Crippen molar-refractivity contribution in [3.63, 3.8) is 0 Å². The topological polar surface area (TPSA) is 152 Å². The summed E-state index contributed by atoms with van der Waals surface area (Å²) in [6.45, 7) is 2.11. The van der Waals surface area contributed by atoms with Crippen LogP contribution >= 0.6 is 0 Å². The van der Waals surface area contributed by atoms with E-state index < -0.39 is 10.7 Å². The van der Waals surface area contributed by atoms with Gasteiger partial charge in [0, 0.05) is 18.2 Å². The van der Waals surface area contributed by atoms with E-state index >= 15 is 0 Å². The van der Waals surface area contributed by atoms with E-state index in [9.17, 15) is 0 Å². The van der Waals surface area contributed by atoms with Crippen LogP contribution in [0.15, 0.2) is 17.1 Å². The maximum Gasteiger partial charge on any atom is 0.291 e. The average Bonchev–Trinajstić information content (AvgIpc) is 2.57. The molecule has 5 N–H and O–H groups in total. The van der Waals surface area contributed by atoms with E-state index in [-0.39, 0.29) is 6.61 Å². The summed E-state index contributed by atoms with van der Waals surface area (Å²) >= 11 is 0. The molecule has 0 bridgehead atoms. The zero-order valence-corrected chi connectivity index (χ0v) is 15.2. The van der Waals surface area contributed by atoms with Crippen molar-refractivity contribution in [3.8, 4) is 11.5 Å². The van der Waals surface area contributed by atoms with Crippen molar-refractivity contribution in [3.05, 3.63) is 27.8 Å². The van der Waals surface area contributed by atoms with E-state index in [0.29, 0.717) is 17.9 Å². The number of fused-ring (bicyclic) bond motifs is 1. The molecule has 1 aromatic rings. The quantitative estimate of drug-likeness (QED) is 0.322. The van der Waals surface area contributed by atoms with Crippen molar-refractivity contribution < 1.29 is 24.9 Å². The minimum atomic E-state index is -1.50. The number of anilines is 1. The van der Waals surface area contributed by atoms with Crippen molar-refractivity contribution in [1.82, 2.24) is 0 Å². The van der Waals surface area contributed by atoms with Crippen LogP contribution in [0.3, 0.4) is 0 Å². The Hall–Kier alpha value is -2.59. The first-order valence-electron chi connectivity index (χ1n) is 8.10. The Bertz CT molecular complexity index is 648. The van der Waals surface area contributed by atoms with Crippen LogP contribution in [0.5, 0.6) is 11.5 Å². The summed E-state index contributed by atoms with van der Waals surface area (Å²) in [5, 5.41) is 25.8. The summed E-state index contributed by atoms with van der Waals surface area (Å²) in [6.07, 6.45) is 3.34. The zero-order valence-electron chi connectivity index (χ0n) is 15.2. The number of methoxy groups -OCH3 is 2. The first-order chi connectivity index (χ1) is 12.3. The molecule has 26 heavy (non-hydrogen) atoms. The molecular formula is C16H26N4O6. The van der Waals surface area contributed by atoms with Gasteiger partial charge in [0.05, 0.1) is 19.9 Å². The summed E-state index contributed by atoms with van der Waals surface area (Å²) in [5.41, 5.74) is 7.59. The maximum absolute atomic E-state index is 8.89. The van der Waals surface area contributed by atoms with Crippen molar-refractivity contribution >= 4 is 11.5 Å². The molecule has 0 saturated heterocycles. The third-order valence-electron chi connectivity index (χ3n) is 3.89. The Balaban J connectivity index is 0.000000765. The molecular weight excluding hydrogens is 344 g/mol. The Morgan fingerprint density at radius 3 is 2.38 bits per heavy atom. The van der Waals surface area contributed by atoms with E-state index in [1.54, 1.807) is 14.2 Å². The van der Waals surface area contributed by atoms with E-state index in [4.69, 9.17) is 35.6 Å². The SMILES string of the molecule is COc1cc2c(cc1OC)C(N)(CCCCCO)N=C(C)N2.O=[N+]([O-])O. The summed E-state index contributed by atoms with van der Waals surface area (Å²) in [4.78, 5) is 13.0. The van der Waals surface area contributed by atoms with Crippen LogP contribution in [-0.2, 0) is 5.66 Å². The molecule has 0 saturated carbocycles. The number of nitrogens with zero attached hydrogens (tertiary/aromatic N) is 2. The Morgan fingerprint density at radius 1 is 1.27 bits per heavy atom. The number of hydrogen-bond donors (Lipinski definition) is 4. The highest BCUT2D eigenvalue weighted by Crippen LogP contribution is 2.41. The number of hydrogen-bond acceptors (Lipinski definition) is 8. The van der Waals surface area contributed by atoms with E-state index in [1.165, 1.54) is 0 Å². The highest BCUT2D eigenvalue weighted by molar-refractivity contribution is 5.97. The molecule has 10 nitrogen and oxygen atoms in total. The van der Waals surface area contributed by atoms with Gasteiger partial charge in [-0.25, -0.2) is 4.99 Å². The van der Waals surface area contributed by atoms with Crippen molar-refractivity contribution in [2.45, 2.75) is 38.3 Å². The van der Waals surface area contributed by atoms with Gasteiger partial charge in [0.1, 0.15) is 11.5 Å². The molecule has 1 heterocycles. The first-order valence-corrected chi connectivity index (χ1v) is 8.10. The van der Waals surface area contributed by atoms with Crippen molar-refractivity contribution in [2.24, 2.45) is 10.7 Å². The standard InChI is InChI=1S/C16H25N3O3.HNO3/c1-11-18-13-10-15(22-3)14(21-2)9-12(13)16(17,19-11)7-5-4-6-8-20;2-1(3)4/h9-10,20H,4-8,17H2,1-3H3,(H,18,19);(H,2,3,4). The summed E-state index contributed by atoms with van der Waals surface area (Å²) < 4.78 is 10.7. The number of unbranched alkanes of at least 4 members (excludes halogenated alkanes) is 2. The molecule has 0 radical (unpaired) electrons. The lowest BCUT2D eigenvalue weighted by atomic mass is 9.91. The lowest BCUT2D eigenvalue weighted by molar-refractivity contribution is -0.742. The molecule has 1 aromatic carbocycles. The molecule has 0 aliphatic carbocycles. The molecule has 0 amide bonds. The molecule has 146 valence electrons. The van der Waals surface area contributed by atoms with Crippen LogP contribution in [0.4, 0.5) is 5.69 Å². The predicted octanol–water partition coefficient (Wildman–Crippen LogP) is 1.86. The smallest absolute Gasteiger partial charge is 0.291 e. The molecule has 1 atom stereocenters. The lowest BCUT2D eigenvalue weighted by Gasteiger charge is -2.33. The van der Waals surface area contributed by atoms with Crippen LogP contribution in [0.2, 0.25) is 0 Å². The predicted molar refractivity (Wildman–Crippen MR) is 96.5 cm³/mol. The van der Waals surface area contributed by atoms with Crippen LogP contribution in [0.25, 0.3) is 0 Å². The fourth-order valence-corrected chi connectivity index (χ4v) is 2.80. The number of benzene rings is 1. The second kappa shape index (κ2) is 9.78. The summed E-state index contributed by atoms with van der Waals surface area (Å²) in [7, 11) is 3.22. The average molecular weight is 370 g/mol. The van der Waals surface area contributed by atoms with E-state index in [0.717, 1.165) is 36.3 Å². The largest absolute Gasteiger partial charge is 0.493 e. The molecule has 1 aliphatic rings. The highest BCUT2D eigenvalue weighted by Gasteiger charge is 2.33. The third-order valence-corrected chi connectivity index (χ3v) is 3.89. The van der Waals surface area contributed by atoms with Crippen LogP contribution in [0.1, 0.15) is 38.2 Å². The fraction of sp³-hybridized carbons (Fsp3) is 0.562. The molecule has 10 heteroatoms. The summed E-state index contributed by atoms with van der Waals surface area (Å²) in [5.74, 6) is 2.08. The number of rotatable bonds is 7. The number of aliphatic hydroxyl groups is 1. The number of aliphatic hydroxyl groups excluding tert-OH is 1. The van der Waals surface area contributed by atoms with Gasteiger partial charge in [-0.2, -0.15) is 0 Å². The number of amidine groups is 1. The molecule has 0 aromatic heterocycles. The number of ether oxygens (including phenoxy) is 2. The van der Waals surface area contributed by atoms with Crippen LogP contribution in [-0.4, -0.2) is 42.1 Å². The van der Waals surface area contributed by atoms with Gasteiger partial charge in [-0.15, -0.1) is 10.1 Å². The number of nitrogens with one attached hydrogen (secondary N) is 1. The fourth-order valence-electron chi connectivity index (χ4n) is 2.80.